The molecule has 2 aromatic heterocycles. The van der Waals surface area contributed by atoms with Gasteiger partial charge < -0.3 is 14.3 Å². The van der Waals surface area contributed by atoms with E-state index in [0.29, 0.717) is 29.3 Å². The number of ether oxygens (including phenoxy) is 1. The van der Waals surface area contributed by atoms with E-state index in [-0.39, 0.29) is 11.3 Å². The lowest BCUT2D eigenvalue weighted by Crippen LogP contribution is -2.31. The predicted molar refractivity (Wildman–Crippen MR) is 130 cm³/mol. The number of carbonyl (C=O) groups excluding carboxylic acids is 2. The van der Waals surface area contributed by atoms with E-state index in [0.717, 1.165) is 9.86 Å². The molecule has 170 valence electrons. The van der Waals surface area contributed by atoms with Crippen LogP contribution in [0.1, 0.15) is 29.2 Å². The van der Waals surface area contributed by atoms with Crippen molar-refractivity contribution in [1.82, 2.24) is 4.98 Å². The van der Waals surface area contributed by atoms with Crippen molar-refractivity contribution in [3.8, 4) is 5.75 Å². The number of rotatable bonds is 6. The largest absolute Gasteiger partial charge is 0.503 e. The van der Waals surface area contributed by atoms with Crippen LogP contribution >= 0.6 is 15.9 Å². The van der Waals surface area contributed by atoms with Gasteiger partial charge in [0.05, 0.1) is 17.9 Å². The van der Waals surface area contributed by atoms with Gasteiger partial charge in [-0.05, 0) is 67.6 Å². The minimum atomic E-state index is -0.931. The standard InChI is InChI=1S/C26H19BrN2O5/c1-2-33-18-9-7-17(8-10-18)29-23(19-5-3-4-12-28-19)22(25(31)26(29)32)24(30)21-14-15-13-16(27)6-11-20(15)34-21/h3-14,23,31H,2H2,1H3. The molecule has 0 saturated heterocycles. The molecule has 8 heteroatoms. The fourth-order valence-corrected chi connectivity index (χ4v) is 4.43. The number of nitrogens with zero attached hydrogens (tertiary/aromatic N) is 2. The third-order valence-electron chi connectivity index (χ3n) is 5.55. The Bertz CT molecular complexity index is 1430. The fraction of sp³-hybridized carbons (Fsp3) is 0.115. The first kappa shape index (κ1) is 21.9. The number of carbonyl (C=O) groups is 2. The Balaban J connectivity index is 1.61. The molecule has 7 nitrogen and oxygen atoms in total. The molecular formula is C26H19BrN2O5. The SMILES string of the molecule is CCOc1ccc(N2C(=O)C(O)=C(C(=O)c3cc4cc(Br)ccc4o3)C2c2ccccn2)cc1. The smallest absolute Gasteiger partial charge is 0.294 e. The second kappa shape index (κ2) is 8.79. The predicted octanol–water partition coefficient (Wildman–Crippen LogP) is 5.77. The van der Waals surface area contributed by atoms with Gasteiger partial charge >= 0.3 is 0 Å². The molecule has 3 heterocycles. The second-order valence-corrected chi connectivity index (χ2v) is 8.56. The highest BCUT2D eigenvalue weighted by atomic mass is 79.9. The van der Waals surface area contributed by atoms with Crippen LogP contribution in [-0.4, -0.2) is 28.4 Å². The molecule has 1 N–H and O–H groups in total. The van der Waals surface area contributed by atoms with E-state index in [1.54, 1.807) is 66.9 Å². The van der Waals surface area contributed by atoms with Crippen LogP contribution in [0.3, 0.4) is 0 Å². The highest BCUT2D eigenvalue weighted by Gasteiger charge is 2.46. The maximum absolute atomic E-state index is 13.6. The van der Waals surface area contributed by atoms with E-state index >= 15 is 0 Å². The summed E-state index contributed by atoms with van der Waals surface area (Å²) in [7, 11) is 0. The number of hydrogen-bond donors (Lipinski definition) is 1. The van der Waals surface area contributed by atoms with Crippen molar-refractivity contribution in [2.24, 2.45) is 0 Å². The fourth-order valence-electron chi connectivity index (χ4n) is 4.05. The first-order chi connectivity index (χ1) is 16.5. The monoisotopic (exact) mass is 518 g/mol. The van der Waals surface area contributed by atoms with E-state index in [4.69, 9.17) is 9.15 Å². The van der Waals surface area contributed by atoms with E-state index in [9.17, 15) is 14.7 Å². The van der Waals surface area contributed by atoms with Gasteiger partial charge in [-0.2, -0.15) is 0 Å². The average molecular weight is 519 g/mol. The third-order valence-corrected chi connectivity index (χ3v) is 6.04. The summed E-state index contributed by atoms with van der Waals surface area (Å²) in [6.07, 6.45) is 1.58. The molecule has 1 atom stereocenters. The molecule has 0 spiro atoms. The number of furan rings is 1. The van der Waals surface area contributed by atoms with Crippen molar-refractivity contribution in [3.05, 3.63) is 100 Å². The van der Waals surface area contributed by atoms with Crippen LogP contribution in [0.4, 0.5) is 5.69 Å². The van der Waals surface area contributed by atoms with Gasteiger partial charge in [-0.1, -0.05) is 22.0 Å². The van der Waals surface area contributed by atoms with Crippen molar-refractivity contribution in [2.75, 3.05) is 11.5 Å². The number of hydrogen-bond acceptors (Lipinski definition) is 6. The van der Waals surface area contributed by atoms with Crippen LogP contribution in [0.2, 0.25) is 0 Å². The average Bonchev–Trinajstić information content (AvgIpc) is 3.38. The Kier molecular flexibility index (Phi) is 5.67. The topological polar surface area (TPSA) is 92.9 Å². The molecule has 1 aliphatic heterocycles. The molecule has 4 aromatic rings. The van der Waals surface area contributed by atoms with E-state index in [1.807, 2.05) is 13.0 Å². The van der Waals surface area contributed by atoms with Crippen LogP contribution < -0.4 is 9.64 Å². The van der Waals surface area contributed by atoms with E-state index in [2.05, 4.69) is 20.9 Å². The van der Waals surface area contributed by atoms with Gasteiger partial charge in [0, 0.05) is 21.7 Å². The molecule has 1 amide bonds. The molecule has 0 bridgehead atoms. The number of amides is 1. The molecule has 0 radical (unpaired) electrons. The zero-order valence-electron chi connectivity index (χ0n) is 18.1. The highest BCUT2D eigenvalue weighted by molar-refractivity contribution is 9.10. The highest BCUT2D eigenvalue weighted by Crippen LogP contribution is 2.42. The number of fused-ring (bicyclic) bond motifs is 1. The molecule has 0 fully saturated rings. The zero-order valence-corrected chi connectivity index (χ0v) is 19.7. The van der Waals surface area contributed by atoms with Crippen LogP contribution in [0.25, 0.3) is 11.0 Å². The van der Waals surface area contributed by atoms with Crippen molar-refractivity contribution in [1.29, 1.82) is 0 Å². The van der Waals surface area contributed by atoms with Crippen LogP contribution in [0, 0.1) is 0 Å². The molecule has 34 heavy (non-hydrogen) atoms. The Morgan fingerprint density at radius 3 is 2.65 bits per heavy atom. The number of benzene rings is 2. The third kappa shape index (κ3) is 3.76. The number of aromatic nitrogens is 1. The normalized spacial score (nSPS) is 15.9. The van der Waals surface area contributed by atoms with Gasteiger partial charge in [0.15, 0.2) is 11.5 Å². The van der Waals surface area contributed by atoms with Crippen molar-refractivity contribution in [3.63, 3.8) is 0 Å². The number of aliphatic hydroxyl groups is 1. The van der Waals surface area contributed by atoms with Gasteiger partial charge in [0.2, 0.25) is 5.78 Å². The summed E-state index contributed by atoms with van der Waals surface area (Å²) in [4.78, 5) is 32.6. The van der Waals surface area contributed by atoms with E-state index < -0.39 is 23.5 Å². The minimum Gasteiger partial charge on any atom is -0.503 e. The quantitative estimate of drug-likeness (QED) is 0.325. The summed E-state index contributed by atoms with van der Waals surface area (Å²) in [6.45, 7) is 2.39. The Labute approximate surface area is 203 Å². The maximum Gasteiger partial charge on any atom is 0.294 e. The van der Waals surface area contributed by atoms with Gasteiger partial charge in [-0.25, -0.2) is 0 Å². The number of Topliss-reactive ketones (excluding diaryl/α,β-unsaturated/α-hetero) is 1. The molecule has 1 aliphatic rings. The molecule has 1 unspecified atom stereocenters. The Morgan fingerprint density at radius 2 is 1.94 bits per heavy atom. The lowest BCUT2D eigenvalue weighted by Gasteiger charge is -2.26. The molecule has 0 aliphatic carbocycles. The number of aliphatic hydroxyl groups excluding tert-OH is 1. The molecule has 0 saturated carbocycles. The summed E-state index contributed by atoms with van der Waals surface area (Å²) in [6, 6.07) is 18.1. The van der Waals surface area contributed by atoms with Gasteiger partial charge in [-0.15, -0.1) is 0 Å². The van der Waals surface area contributed by atoms with Crippen LogP contribution in [0.5, 0.6) is 5.75 Å². The van der Waals surface area contributed by atoms with Crippen molar-refractivity contribution >= 4 is 44.3 Å². The summed E-state index contributed by atoms with van der Waals surface area (Å²) in [5, 5.41) is 11.6. The van der Waals surface area contributed by atoms with E-state index in [1.165, 1.54) is 4.90 Å². The van der Waals surface area contributed by atoms with Crippen molar-refractivity contribution < 1.29 is 23.8 Å². The lowest BCUT2D eigenvalue weighted by atomic mass is 9.98. The maximum atomic E-state index is 13.6. The lowest BCUT2D eigenvalue weighted by molar-refractivity contribution is -0.117. The second-order valence-electron chi connectivity index (χ2n) is 7.64. The van der Waals surface area contributed by atoms with Gasteiger partial charge in [0.1, 0.15) is 17.4 Å². The molecule has 2 aromatic carbocycles. The van der Waals surface area contributed by atoms with Gasteiger partial charge in [0.25, 0.3) is 5.91 Å². The number of halogens is 1. The summed E-state index contributed by atoms with van der Waals surface area (Å²) < 4.78 is 12.1. The first-order valence-electron chi connectivity index (χ1n) is 10.6. The number of anilines is 1. The summed E-state index contributed by atoms with van der Waals surface area (Å²) in [5.74, 6) is -1.23. The van der Waals surface area contributed by atoms with Crippen LogP contribution in [0.15, 0.2) is 93.1 Å². The summed E-state index contributed by atoms with van der Waals surface area (Å²) in [5.41, 5.74) is 1.37. The minimum absolute atomic E-state index is 0.0249. The Hall–Kier alpha value is -3.91. The number of ketones is 1. The van der Waals surface area contributed by atoms with Gasteiger partial charge in [-0.3, -0.25) is 19.5 Å². The van der Waals surface area contributed by atoms with Crippen molar-refractivity contribution in [2.45, 2.75) is 13.0 Å². The summed E-state index contributed by atoms with van der Waals surface area (Å²) >= 11 is 3.41. The first-order valence-corrected chi connectivity index (χ1v) is 11.4. The van der Waals surface area contributed by atoms with Crippen LogP contribution in [-0.2, 0) is 4.79 Å². The number of pyridine rings is 1. The zero-order chi connectivity index (χ0) is 23.8. The molecule has 5 rings (SSSR count). The Morgan fingerprint density at radius 1 is 1.15 bits per heavy atom. The molecular weight excluding hydrogens is 500 g/mol.